The van der Waals surface area contributed by atoms with Crippen LogP contribution in [-0.4, -0.2) is 161 Å². The van der Waals surface area contributed by atoms with E-state index < -0.39 is 88.3 Å². The molecule has 1 aliphatic heterocycles. The first-order valence-corrected chi connectivity index (χ1v) is 29.9. The maximum absolute atomic E-state index is 14.6. The quantitative estimate of drug-likeness (QED) is 0.0302. The normalized spacial score (nSPS) is 15.8. The van der Waals surface area contributed by atoms with E-state index in [0.717, 1.165) is 51.4 Å². The fourth-order valence-electron chi connectivity index (χ4n) is 9.74. The summed E-state index contributed by atoms with van der Waals surface area (Å²) in [5.41, 5.74) is -4.65. The lowest BCUT2D eigenvalue weighted by atomic mass is 9.96. The molecule has 0 aromatic rings. The zero-order valence-electron chi connectivity index (χ0n) is 52.3. The van der Waals surface area contributed by atoms with Crippen LogP contribution in [0.3, 0.4) is 0 Å². The van der Waals surface area contributed by atoms with Crippen molar-refractivity contribution in [3.63, 3.8) is 0 Å². The van der Waals surface area contributed by atoms with Crippen molar-refractivity contribution >= 4 is 59.6 Å². The third kappa shape index (κ3) is 26.5. The lowest BCUT2D eigenvalue weighted by molar-refractivity contribution is -0.146. The molecule has 10 amide bonds. The van der Waals surface area contributed by atoms with Crippen molar-refractivity contribution in [2.75, 3.05) is 33.7 Å². The standard InChI is InChI=1S/C59H109N11O10/c1-18-20-22-23-24-26-28-46(70(38-71)48-29-27-33-69(48)49(73)30-25-21-19-2)53(77)63-45(36-41(7)8)52(76)65-58(12,13)55(79)64-43(34-39(3)4)50(74)62-44(35-40(5)6)51(75)66-59(14,15)56(80)67-57(10,11)54(78)60-32-31-47(72)61-42(9)37-68(16)17/h38-46,48H,18-37H2,1-17H3,(H,60,78)(H,61,72)(H,62,74)(H,63,77)(H,64,79)(H,65,76)(H,66,75)(H,67,80)/t42-,43+,44+,45+,46+,48-/m0/s1. The molecular formula is C59H109N11O10. The van der Waals surface area contributed by atoms with E-state index in [-0.39, 0.29) is 67.8 Å². The first-order valence-electron chi connectivity index (χ1n) is 29.9. The molecule has 1 saturated heterocycles. The van der Waals surface area contributed by atoms with Gasteiger partial charge in [0.15, 0.2) is 0 Å². The molecule has 1 aliphatic rings. The number of hydrogen-bond donors (Lipinski definition) is 8. The van der Waals surface area contributed by atoms with Crippen molar-refractivity contribution in [3.05, 3.63) is 0 Å². The molecule has 0 aromatic carbocycles. The zero-order valence-corrected chi connectivity index (χ0v) is 52.3. The molecule has 8 N–H and O–H groups in total. The van der Waals surface area contributed by atoms with Crippen molar-refractivity contribution < 1.29 is 47.9 Å². The molecule has 1 heterocycles. The van der Waals surface area contributed by atoms with Gasteiger partial charge in [0.1, 0.15) is 46.9 Å². The number of likely N-dealkylation sites (tertiary alicyclic amines) is 1. The number of nitrogens with one attached hydrogen (secondary N) is 8. The summed E-state index contributed by atoms with van der Waals surface area (Å²) in [5.74, 6) is -5.02. The van der Waals surface area contributed by atoms with Gasteiger partial charge < -0.3 is 57.2 Å². The highest BCUT2D eigenvalue weighted by atomic mass is 16.2. The minimum atomic E-state index is -1.63. The Morgan fingerprint density at radius 3 is 1.55 bits per heavy atom. The number of carbonyl (C=O) groups excluding carboxylic acids is 10. The largest absolute Gasteiger partial charge is 0.354 e. The van der Waals surface area contributed by atoms with Gasteiger partial charge in [0.05, 0.1) is 0 Å². The average Bonchev–Trinajstić information content (AvgIpc) is 3.82. The van der Waals surface area contributed by atoms with E-state index >= 15 is 0 Å². The summed E-state index contributed by atoms with van der Waals surface area (Å²) in [6.07, 6.45) is 10.8. The van der Waals surface area contributed by atoms with E-state index in [0.29, 0.717) is 51.6 Å². The van der Waals surface area contributed by atoms with Gasteiger partial charge in [0, 0.05) is 38.5 Å². The number of likely N-dealkylation sites (N-methyl/N-ethyl adjacent to an activating group) is 1. The van der Waals surface area contributed by atoms with Crippen molar-refractivity contribution in [1.82, 2.24) is 57.2 Å². The molecule has 0 radical (unpaired) electrons. The molecule has 0 saturated carbocycles. The fourth-order valence-corrected chi connectivity index (χ4v) is 9.74. The fraction of sp³-hybridized carbons (Fsp3) is 0.831. The molecule has 0 bridgehead atoms. The SMILES string of the molecule is CCCCCCCC[C@H](C(=O)N[C@H](CC(C)C)C(=O)NC(C)(C)C(=O)N[C@H](CC(C)C)C(=O)N[C@H](CC(C)C)C(=O)NC(C)(C)C(=O)NC(C)(C)C(=O)NCCC(=O)N[C@@H](C)CN(C)C)N(C=O)[C@H]1CCCN1C(=O)CCCCC. The first kappa shape index (κ1) is 72.7. The van der Waals surface area contributed by atoms with Gasteiger partial charge in [-0.15, -0.1) is 0 Å². The summed E-state index contributed by atoms with van der Waals surface area (Å²) < 4.78 is 0. The number of nitrogens with zero attached hydrogens (tertiary/aromatic N) is 3. The van der Waals surface area contributed by atoms with Gasteiger partial charge in [0.25, 0.3) is 0 Å². The van der Waals surface area contributed by atoms with E-state index in [2.05, 4.69) is 56.4 Å². The minimum absolute atomic E-state index is 0.0312. The first-order chi connectivity index (χ1) is 37.2. The van der Waals surface area contributed by atoms with Crippen LogP contribution in [0, 0.1) is 17.8 Å². The maximum atomic E-state index is 14.6. The minimum Gasteiger partial charge on any atom is -0.354 e. The molecule has 0 aromatic heterocycles. The summed E-state index contributed by atoms with van der Waals surface area (Å²) in [4.78, 5) is 142. The molecular weight excluding hydrogens is 1020 g/mol. The van der Waals surface area contributed by atoms with Crippen LogP contribution < -0.4 is 42.5 Å². The van der Waals surface area contributed by atoms with Crippen LogP contribution in [-0.2, 0) is 47.9 Å². The van der Waals surface area contributed by atoms with Crippen molar-refractivity contribution in [2.45, 2.75) is 266 Å². The molecule has 460 valence electrons. The Balaban J connectivity index is 3.30. The zero-order chi connectivity index (χ0) is 61.1. The van der Waals surface area contributed by atoms with Crippen LogP contribution in [0.25, 0.3) is 0 Å². The second-order valence-electron chi connectivity index (χ2n) is 25.4. The van der Waals surface area contributed by atoms with E-state index in [1.54, 1.807) is 4.90 Å². The Kier molecular flexibility index (Phi) is 32.3. The molecule has 21 nitrogen and oxygen atoms in total. The Morgan fingerprint density at radius 2 is 1.04 bits per heavy atom. The van der Waals surface area contributed by atoms with Gasteiger partial charge in [-0.2, -0.15) is 0 Å². The Hall–Kier alpha value is -5.34. The summed E-state index contributed by atoms with van der Waals surface area (Å²) >= 11 is 0. The summed E-state index contributed by atoms with van der Waals surface area (Å²) in [7, 11) is 3.80. The Bertz CT molecular complexity index is 2010. The summed E-state index contributed by atoms with van der Waals surface area (Å²) in [6, 6.07) is -4.48. The van der Waals surface area contributed by atoms with Crippen molar-refractivity contribution in [1.29, 1.82) is 0 Å². The Morgan fingerprint density at radius 1 is 0.562 bits per heavy atom. The number of rotatable bonds is 39. The highest BCUT2D eigenvalue weighted by Crippen LogP contribution is 2.26. The second-order valence-corrected chi connectivity index (χ2v) is 25.4. The number of amides is 10. The van der Waals surface area contributed by atoms with Crippen LogP contribution in [0.4, 0.5) is 0 Å². The molecule has 6 atom stereocenters. The molecule has 0 aliphatic carbocycles. The third-order valence-electron chi connectivity index (χ3n) is 14.2. The predicted molar refractivity (Wildman–Crippen MR) is 313 cm³/mol. The number of carbonyl (C=O) groups is 10. The lowest BCUT2D eigenvalue weighted by Crippen LogP contribution is -2.65. The third-order valence-corrected chi connectivity index (χ3v) is 14.2. The molecule has 21 heteroatoms. The van der Waals surface area contributed by atoms with Gasteiger partial charge in [-0.25, -0.2) is 0 Å². The van der Waals surface area contributed by atoms with E-state index in [4.69, 9.17) is 0 Å². The van der Waals surface area contributed by atoms with Gasteiger partial charge in [-0.05, 0) is 125 Å². The average molecular weight is 1130 g/mol. The van der Waals surface area contributed by atoms with Crippen molar-refractivity contribution in [2.24, 2.45) is 17.8 Å². The van der Waals surface area contributed by atoms with Crippen LogP contribution in [0.15, 0.2) is 0 Å². The summed E-state index contributed by atoms with van der Waals surface area (Å²) in [6.45, 7) is 27.4. The van der Waals surface area contributed by atoms with E-state index in [1.807, 2.05) is 67.5 Å². The molecule has 1 fully saturated rings. The van der Waals surface area contributed by atoms with E-state index in [1.165, 1.54) is 46.4 Å². The molecule has 0 unspecified atom stereocenters. The monoisotopic (exact) mass is 1130 g/mol. The maximum Gasteiger partial charge on any atom is 0.246 e. The molecule has 80 heavy (non-hydrogen) atoms. The van der Waals surface area contributed by atoms with Crippen LogP contribution >= 0.6 is 0 Å². The van der Waals surface area contributed by atoms with Gasteiger partial charge in [-0.3, -0.25) is 47.9 Å². The smallest absolute Gasteiger partial charge is 0.246 e. The van der Waals surface area contributed by atoms with Gasteiger partial charge in [-0.1, -0.05) is 107 Å². The Labute approximate surface area is 480 Å². The number of hydrogen-bond acceptors (Lipinski definition) is 11. The van der Waals surface area contributed by atoms with Gasteiger partial charge >= 0.3 is 0 Å². The molecule has 1 rings (SSSR count). The highest BCUT2D eigenvalue weighted by molar-refractivity contribution is 5.99. The van der Waals surface area contributed by atoms with Gasteiger partial charge in [0.2, 0.25) is 59.6 Å². The van der Waals surface area contributed by atoms with Crippen LogP contribution in [0.5, 0.6) is 0 Å². The lowest BCUT2D eigenvalue weighted by Gasteiger charge is -2.38. The predicted octanol–water partition coefficient (Wildman–Crippen LogP) is 4.94. The van der Waals surface area contributed by atoms with Crippen LogP contribution in [0.2, 0.25) is 0 Å². The van der Waals surface area contributed by atoms with E-state index in [9.17, 15) is 47.9 Å². The van der Waals surface area contributed by atoms with Crippen molar-refractivity contribution in [3.8, 4) is 0 Å². The van der Waals surface area contributed by atoms with Crippen LogP contribution in [0.1, 0.15) is 213 Å². The second kappa shape index (κ2) is 35.5. The highest BCUT2D eigenvalue weighted by Gasteiger charge is 2.42. The topological polar surface area (TPSA) is 277 Å². The number of unbranched alkanes of at least 4 members (excludes halogenated alkanes) is 7. The molecule has 0 spiro atoms. The summed E-state index contributed by atoms with van der Waals surface area (Å²) in [5, 5.41) is 22.4.